The van der Waals surface area contributed by atoms with Crippen molar-refractivity contribution in [2.24, 2.45) is 5.73 Å². The normalized spacial score (nSPS) is 10.3. The molecule has 0 saturated carbocycles. The number of nitrogens with two attached hydrogens (primary N) is 1. The fourth-order valence-corrected chi connectivity index (χ4v) is 2.14. The van der Waals surface area contributed by atoms with Crippen molar-refractivity contribution in [3.63, 3.8) is 0 Å². The number of benzene rings is 1. The van der Waals surface area contributed by atoms with Crippen LogP contribution >= 0.6 is 0 Å². The van der Waals surface area contributed by atoms with Crippen molar-refractivity contribution in [3.05, 3.63) is 48.2 Å². The zero-order chi connectivity index (χ0) is 14.4. The first-order valence-corrected chi connectivity index (χ1v) is 6.79. The van der Waals surface area contributed by atoms with E-state index in [9.17, 15) is 0 Å². The lowest BCUT2D eigenvalue weighted by molar-refractivity contribution is 0.415. The van der Waals surface area contributed by atoms with Crippen LogP contribution in [0.25, 0.3) is 0 Å². The topological polar surface area (TPSA) is 51.4 Å². The number of nitrogens with zero attached hydrogens (tertiary/aromatic N) is 2. The standard InChI is InChI=1S/C16H21N3O/c1-13-6-4-10-18-16(13)19(11-5-9-17)14-7-3-8-15(12-14)20-2/h3-4,6-8,10,12H,5,9,11,17H2,1-2H3. The number of ether oxygens (including phenoxy) is 1. The molecule has 0 bridgehead atoms. The largest absolute Gasteiger partial charge is 0.497 e. The van der Waals surface area contributed by atoms with Gasteiger partial charge in [-0.05, 0) is 43.7 Å². The molecule has 2 N–H and O–H groups in total. The number of aromatic nitrogens is 1. The van der Waals surface area contributed by atoms with Gasteiger partial charge in [0.1, 0.15) is 11.6 Å². The summed E-state index contributed by atoms with van der Waals surface area (Å²) in [6.45, 7) is 3.56. The Morgan fingerprint density at radius 3 is 2.80 bits per heavy atom. The molecule has 4 heteroatoms. The number of hydrogen-bond donors (Lipinski definition) is 1. The predicted octanol–water partition coefficient (Wildman–Crippen LogP) is 2.89. The lowest BCUT2D eigenvalue weighted by atomic mass is 10.2. The van der Waals surface area contributed by atoms with Gasteiger partial charge in [0.15, 0.2) is 0 Å². The minimum atomic E-state index is 0.659. The molecule has 106 valence electrons. The lowest BCUT2D eigenvalue weighted by Gasteiger charge is -2.25. The van der Waals surface area contributed by atoms with Crippen LogP contribution in [0.5, 0.6) is 5.75 Å². The Morgan fingerprint density at radius 2 is 2.10 bits per heavy atom. The molecule has 0 aliphatic rings. The Hall–Kier alpha value is -2.07. The minimum absolute atomic E-state index is 0.659. The first kappa shape index (κ1) is 14.3. The van der Waals surface area contributed by atoms with Gasteiger partial charge in [0, 0.05) is 24.5 Å². The maximum absolute atomic E-state index is 5.66. The van der Waals surface area contributed by atoms with Gasteiger partial charge >= 0.3 is 0 Å². The van der Waals surface area contributed by atoms with E-state index in [-0.39, 0.29) is 0 Å². The van der Waals surface area contributed by atoms with Crippen LogP contribution in [-0.4, -0.2) is 25.2 Å². The highest BCUT2D eigenvalue weighted by Gasteiger charge is 2.13. The van der Waals surface area contributed by atoms with E-state index in [1.165, 1.54) is 0 Å². The van der Waals surface area contributed by atoms with Crippen molar-refractivity contribution in [2.75, 3.05) is 25.1 Å². The van der Waals surface area contributed by atoms with Crippen molar-refractivity contribution < 1.29 is 4.74 Å². The van der Waals surface area contributed by atoms with Gasteiger partial charge in [-0.2, -0.15) is 0 Å². The van der Waals surface area contributed by atoms with Crippen LogP contribution in [0.2, 0.25) is 0 Å². The highest BCUT2D eigenvalue weighted by Crippen LogP contribution is 2.28. The summed E-state index contributed by atoms with van der Waals surface area (Å²) < 4.78 is 5.30. The van der Waals surface area contributed by atoms with Crippen LogP contribution in [0.4, 0.5) is 11.5 Å². The molecule has 0 aliphatic heterocycles. The predicted molar refractivity (Wildman–Crippen MR) is 82.6 cm³/mol. The number of aryl methyl sites for hydroxylation is 1. The summed E-state index contributed by atoms with van der Waals surface area (Å²) >= 11 is 0. The van der Waals surface area contributed by atoms with Gasteiger partial charge < -0.3 is 15.4 Å². The molecule has 0 aliphatic carbocycles. The van der Waals surface area contributed by atoms with E-state index in [1.807, 2.05) is 30.5 Å². The average molecular weight is 271 g/mol. The van der Waals surface area contributed by atoms with Crippen LogP contribution < -0.4 is 15.4 Å². The van der Waals surface area contributed by atoms with E-state index in [4.69, 9.17) is 10.5 Å². The van der Waals surface area contributed by atoms with E-state index in [0.717, 1.165) is 35.8 Å². The number of pyridine rings is 1. The summed E-state index contributed by atoms with van der Waals surface area (Å²) in [6, 6.07) is 12.0. The Labute approximate surface area is 120 Å². The lowest BCUT2D eigenvalue weighted by Crippen LogP contribution is -2.22. The van der Waals surface area contributed by atoms with Crippen molar-refractivity contribution in [2.45, 2.75) is 13.3 Å². The molecule has 1 aromatic heterocycles. The maximum Gasteiger partial charge on any atom is 0.135 e. The van der Waals surface area contributed by atoms with Gasteiger partial charge in [-0.3, -0.25) is 0 Å². The smallest absolute Gasteiger partial charge is 0.135 e. The second-order valence-electron chi connectivity index (χ2n) is 4.64. The molecule has 1 aromatic carbocycles. The summed E-state index contributed by atoms with van der Waals surface area (Å²) in [5, 5.41) is 0. The molecule has 0 saturated heterocycles. The van der Waals surface area contributed by atoms with Crippen LogP contribution in [0.15, 0.2) is 42.6 Å². The third-order valence-corrected chi connectivity index (χ3v) is 3.19. The Balaban J connectivity index is 2.38. The van der Waals surface area contributed by atoms with Crippen molar-refractivity contribution in [1.82, 2.24) is 4.98 Å². The first-order valence-electron chi connectivity index (χ1n) is 6.79. The fourth-order valence-electron chi connectivity index (χ4n) is 2.14. The second-order valence-corrected chi connectivity index (χ2v) is 4.64. The minimum Gasteiger partial charge on any atom is -0.497 e. The summed E-state index contributed by atoms with van der Waals surface area (Å²) in [5.41, 5.74) is 7.87. The molecule has 0 spiro atoms. The van der Waals surface area contributed by atoms with Crippen molar-refractivity contribution in [3.8, 4) is 5.75 Å². The summed E-state index contributed by atoms with van der Waals surface area (Å²) in [5.74, 6) is 1.81. The second kappa shape index (κ2) is 6.91. The molecular weight excluding hydrogens is 250 g/mol. The van der Waals surface area contributed by atoms with Gasteiger partial charge in [-0.25, -0.2) is 4.98 Å². The fraction of sp³-hybridized carbons (Fsp3) is 0.312. The van der Waals surface area contributed by atoms with E-state index in [0.29, 0.717) is 6.54 Å². The molecule has 2 aromatic rings. The summed E-state index contributed by atoms with van der Waals surface area (Å²) in [6.07, 6.45) is 2.73. The SMILES string of the molecule is COc1cccc(N(CCCN)c2ncccc2C)c1. The number of hydrogen-bond acceptors (Lipinski definition) is 4. The number of anilines is 2. The quantitative estimate of drug-likeness (QED) is 0.877. The average Bonchev–Trinajstić information content (AvgIpc) is 2.49. The van der Waals surface area contributed by atoms with Crippen molar-refractivity contribution in [1.29, 1.82) is 0 Å². The van der Waals surface area contributed by atoms with E-state index < -0.39 is 0 Å². The summed E-state index contributed by atoms with van der Waals surface area (Å²) in [7, 11) is 1.68. The molecule has 0 fully saturated rings. The van der Waals surface area contributed by atoms with Gasteiger partial charge in [-0.1, -0.05) is 12.1 Å². The Morgan fingerprint density at radius 1 is 1.25 bits per heavy atom. The molecule has 20 heavy (non-hydrogen) atoms. The first-order chi connectivity index (χ1) is 9.76. The monoisotopic (exact) mass is 271 g/mol. The zero-order valence-electron chi connectivity index (χ0n) is 12.0. The highest BCUT2D eigenvalue weighted by molar-refractivity contribution is 5.64. The molecule has 2 rings (SSSR count). The maximum atomic E-state index is 5.66. The van der Waals surface area contributed by atoms with E-state index in [2.05, 4.69) is 28.9 Å². The van der Waals surface area contributed by atoms with Gasteiger partial charge in [0.05, 0.1) is 7.11 Å². The third kappa shape index (κ3) is 3.27. The molecule has 0 unspecified atom stereocenters. The van der Waals surface area contributed by atoms with Gasteiger partial charge in [0.25, 0.3) is 0 Å². The highest BCUT2D eigenvalue weighted by atomic mass is 16.5. The molecule has 4 nitrogen and oxygen atoms in total. The third-order valence-electron chi connectivity index (χ3n) is 3.19. The summed E-state index contributed by atoms with van der Waals surface area (Å²) in [4.78, 5) is 6.69. The van der Waals surface area contributed by atoms with Crippen LogP contribution in [0.3, 0.4) is 0 Å². The van der Waals surface area contributed by atoms with E-state index >= 15 is 0 Å². The Kier molecular flexibility index (Phi) is 4.96. The Bertz CT molecular complexity index is 557. The van der Waals surface area contributed by atoms with Crippen LogP contribution in [0.1, 0.15) is 12.0 Å². The van der Waals surface area contributed by atoms with Gasteiger partial charge in [0.2, 0.25) is 0 Å². The molecule has 0 radical (unpaired) electrons. The number of rotatable bonds is 6. The van der Waals surface area contributed by atoms with Crippen LogP contribution in [0, 0.1) is 6.92 Å². The molecular formula is C16H21N3O. The van der Waals surface area contributed by atoms with Crippen molar-refractivity contribution >= 4 is 11.5 Å². The van der Waals surface area contributed by atoms with Gasteiger partial charge in [-0.15, -0.1) is 0 Å². The van der Waals surface area contributed by atoms with E-state index in [1.54, 1.807) is 7.11 Å². The molecule has 0 atom stereocenters. The molecule has 0 amide bonds. The van der Waals surface area contributed by atoms with Crippen LogP contribution in [-0.2, 0) is 0 Å². The molecule has 1 heterocycles. The zero-order valence-corrected chi connectivity index (χ0v) is 12.0. The number of methoxy groups -OCH3 is 1.